The zero-order valence-corrected chi connectivity index (χ0v) is 10.2. The van der Waals surface area contributed by atoms with Crippen molar-refractivity contribution in [2.45, 2.75) is 13.3 Å². The van der Waals surface area contributed by atoms with Gasteiger partial charge in [0.25, 0.3) is 0 Å². The Morgan fingerprint density at radius 1 is 1.33 bits per heavy atom. The van der Waals surface area contributed by atoms with Crippen molar-refractivity contribution in [3.63, 3.8) is 0 Å². The number of esters is 1. The molecule has 0 aliphatic heterocycles. The summed E-state index contributed by atoms with van der Waals surface area (Å²) in [6, 6.07) is 9.69. The quantitative estimate of drug-likeness (QED) is 0.846. The minimum absolute atomic E-state index is 0.118. The van der Waals surface area contributed by atoms with E-state index in [-0.39, 0.29) is 12.4 Å². The highest BCUT2D eigenvalue weighted by atomic mass is 16.5. The average Bonchev–Trinajstić information content (AvgIpc) is 2.34. The molecule has 1 heterocycles. The van der Waals surface area contributed by atoms with Crippen molar-refractivity contribution in [1.82, 2.24) is 4.98 Å². The number of H-pyrrole nitrogens is 1. The molecule has 0 saturated heterocycles. The van der Waals surface area contributed by atoms with Gasteiger partial charge in [-0.1, -0.05) is 18.2 Å². The Bertz CT molecular complexity index is 581. The molecule has 0 amide bonds. The topological polar surface area (TPSA) is 55.2 Å². The SMILES string of the molecule is CCOC(=O)Cc1c[nH]c2ccccc2cco1. The van der Waals surface area contributed by atoms with Crippen molar-refractivity contribution in [2.75, 3.05) is 6.61 Å². The third kappa shape index (κ3) is 3.13. The van der Waals surface area contributed by atoms with Crippen LogP contribution in [0, 0.1) is 0 Å². The van der Waals surface area contributed by atoms with Crippen molar-refractivity contribution < 1.29 is 13.9 Å². The van der Waals surface area contributed by atoms with E-state index in [2.05, 4.69) is 4.98 Å². The first-order chi connectivity index (χ1) is 8.79. The number of carbonyl (C=O) groups excluding carboxylic acids is 1. The lowest BCUT2D eigenvalue weighted by Gasteiger charge is -2.00. The third-order valence-corrected chi connectivity index (χ3v) is 2.44. The van der Waals surface area contributed by atoms with Crippen molar-refractivity contribution >= 4 is 16.9 Å². The molecule has 2 aromatic rings. The standard InChI is InChI=1S/C14H15NO3/c1-2-17-14(16)9-12-10-15-13-6-4-3-5-11(13)7-8-18-12/h3-8,10,15H,2,9H2,1H3. The maximum atomic E-state index is 11.4. The van der Waals surface area contributed by atoms with Crippen LogP contribution in [0.25, 0.3) is 10.9 Å². The number of para-hydroxylation sites is 1. The predicted octanol–water partition coefficient (Wildman–Crippen LogP) is 2.99. The summed E-state index contributed by atoms with van der Waals surface area (Å²) in [7, 11) is 0. The van der Waals surface area contributed by atoms with Gasteiger partial charge in [-0.15, -0.1) is 0 Å². The molecule has 0 aliphatic carbocycles. The van der Waals surface area contributed by atoms with Gasteiger partial charge in [-0.25, -0.2) is 0 Å². The second kappa shape index (κ2) is 5.91. The number of fused-ring (bicyclic) bond motifs is 1. The number of hydrogen-bond acceptors (Lipinski definition) is 3. The first-order valence-electron chi connectivity index (χ1n) is 5.83. The van der Waals surface area contributed by atoms with Crippen molar-refractivity contribution in [3.8, 4) is 0 Å². The summed E-state index contributed by atoms with van der Waals surface area (Å²) in [6.07, 6.45) is 3.37. The highest BCUT2D eigenvalue weighted by Gasteiger charge is 2.04. The normalized spacial score (nSPS) is 10.1. The Labute approximate surface area is 105 Å². The Hall–Kier alpha value is -2.23. The van der Waals surface area contributed by atoms with Crippen LogP contribution in [0.15, 0.2) is 47.2 Å². The minimum Gasteiger partial charge on any atom is -0.467 e. The summed E-state index contributed by atoms with van der Waals surface area (Å²) in [4.78, 5) is 14.5. The Morgan fingerprint density at radius 3 is 3.00 bits per heavy atom. The Balaban J connectivity index is 2.31. The molecular formula is C14H15NO3. The zero-order valence-electron chi connectivity index (χ0n) is 10.2. The summed E-state index contributed by atoms with van der Waals surface area (Å²) >= 11 is 0. The third-order valence-electron chi connectivity index (χ3n) is 2.44. The number of nitrogens with one attached hydrogen (secondary N) is 1. The number of benzene rings is 1. The lowest BCUT2D eigenvalue weighted by molar-refractivity contribution is -0.142. The fourth-order valence-electron chi connectivity index (χ4n) is 1.61. The van der Waals surface area contributed by atoms with Crippen LogP contribution in [-0.2, 0) is 16.0 Å². The predicted molar refractivity (Wildman–Crippen MR) is 68.5 cm³/mol. The fourth-order valence-corrected chi connectivity index (χ4v) is 1.61. The van der Waals surface area contributed by atoms with Gasteiger partial charge in [-0.3, -0.25) is 4.79 Å². The van der Waals surface area contributed by atoms with Crippen molar-refractivity contribution in [1.29, 1.82) is 0 Å². The molecule has 0 spiro atoms. The molecule has 1 aromatic heterocycles. The summed E-state index contributed by atoms with van der Waals surface area (Å²) in [5, 5.41) is 1.03. The second-order valence-corrected chi connectivity index (χ2v) is 3.74. The van der Waals surface area contributed by atoms with E-state index in [9.17, 15) is 4.79 Å². The number of carbonyl (C=O) groups is 1. The van der Waals surface area contributed by atoms with Crippen molar-refractivity contribution in [2.24, 2.45) is 0 Å². The number of rotatable bonds is 3. The van der Waals surface area contributed by atoms with Gasteiger partial charge in [0.05, 0.1) is 12.9 Å². The second-order valence-electron chi connectivity index (χ2n) is 3.74. The molecule has 1 N–H and O–H groups in total. The van der Waals surface area contributed by atoms with Crippen LogP contribution in [-0.4, -0.2) is 17.6 Å². The van der Waals surface area contributed by atoms with Crippen LogP contribution in [0.3, 0.4) is 0 Å². The van der Waals surface area contributed by atoms with Crippen molar-refractivity contribution in [3.05, 3.63) is 48.6 Å². The molecule has 0 bridgehead atoms. The van der Waals surface area contributed by atoms with Crippen LogP contribution < -0.4 is 0 Å². The van der Waals surface area contributed by atoms with Gasteiger partial charge in [0.2, 0.25) is 0 Å². The monoisotopic (exact) mass is 245 g/mol. The molecule has 0 unspecified atom stereocenters. The van der Waals surface area contributed by atoms with Gasteiger partial charge in [-0.2, -0.15) is 0 Å². The van der Waals surface area contributed by atoms with E-state index in [1.165, 1.54) is 0 Å². The molecule has 0 fully saturated rings. The van der Waals surface area contributed by atoms with Crippen LogP contribution in [0.5, 0.6) is 0 Å². The molecule has 2 rings (SSSR count). The zero-order chi connectivity index (χ0) is 12.8. The highest BCUT2D eigenvalue weighted by Crippen LogP contribution is 2.09. The van der Waals surface area contributed by atoms with Crippen LogP contribution in [0.2, 0.25) is 0 Å². The van der Waals surface area contributed by atoms with Gasteiger partial charge in [0.1, 0.15) is 12.2 Å². The lowest BCUT2D eigenvalue weighted by atomic mass is 10.2. The smallest absolute Gasteiger partial charge is 0.313 e. The molecule has 4 nitrogen and oxygen atoms in total. The van der Waals surface area contributed by atoms with E-state index >= 15 is 0 Å². The largest absolute Gasteiger partial charge is 0.467 e. The van der Waals surface area contributed by atoms with Crippen LogP contribution in [0.1, 0.15) is 12.7 Å². The number of aromatic amines is 1. The van der Waals surface area contributed by atoms with E-state index in [1.807, 2.05) is 30.3 Å². The molecule has 0 aliphatic rings. The van der Waals surface area contributed by atoms with E-state index < -0.39 is 0 Å². The van der Waals surface area contributed by atoms with Gasteiger partial charge in [0.15, 0.2) is 0 Å². The Morgan fingerprint density at radius 2 is 2.17 bits per heavy atom. The van der Waals surface area contributed by atoms with Crippen LogP contribution >= 0.6 is 0 Å². The molecule has 0 radical (unpaired) electrons. The molecule has 0 atom stereocenters. The summed E-state index contributed by atoms with van der Waals surface area (Å²) < 4.78 is 10.2. The highest BCUT2D eigenvalue weighted by molar-refractivity contribution is 5.77. The lowest BCUT2D eigenvalue weighted by Crippen LogP contribution is -2.07. The van der Waals surface area contributed by atoms with Gasteiger partial charge in [-0.05, 0) is 19.1 Å². The fraction of sp³-hybridized carbons (Fsp3) is 0.214. The molecule has 18 heavy (non-hydrogen) atoms. The first-order valence-corrected chi connectivity index (χ1v) is 5.83. The molecule has 0 saturated carbocycles. The summed E-state index contributed by atoms with van der Waals surface area (Å²) in [5.74, 6) is 0.229. The number of aromatic nitrogens is 1. The van der Waals surface area contributed by atoms with Crippen LogP contribution in [0.4, 0.5) is 0 Å². The average molecular weight is 245 g/mol. The van der Waals surface area contributed by atoms with Gasteiger partial charge >= 0.3 is 5.97 Å². The van der Waals surface area contributed by atoms with E-state index in [4.69, 9.17) is 9.15 Å². The molecular weight excluding hydrogens is 230 g/mol. The molecule has 94 valence electrons. The molecule has 1 aromatic carbocycles. The summed E-state index contributed by atoms with van der Waals surface area (Å²) in [6.45, 7) is 2.15. The maximum Gasteiger partial charge on any atom is 0.313 e. The Kier molecular flexibility index (Phi) is 4.02. The molecule has 4 heteroatoms. The van der Waals surface area contributed by atoms with Gasteiger partial charge < -0.3 is 14.1 Å². The summed E-state index contributed by atoms with van der Waals surface area (Å²) in [5.41, 5.74) is 0.971. The number of ether oxygens (including phenoxy) is 1. The minimum atomic E-state index is -0.298. The number of hydrogen-bond donors (Lipinski definition) is 1. The maximum absolute atomic E-state index is 11.4. The first kappa shape index (κ1) is 12.2. The van der Waals surface area contributed by atoms with E-state index in [0.717, 1.165) is 10.9 Å². The van der Waals surface area contributed by atoms with E-state index in [1.54, 1.807) is 19.4 Å². The van der Waals surface area contributed by atoms with E-state index in [0.29, 0.717) is 12.4 Å². The van der Waals surface area contributed by atoms with Gasteiger partial charge in [0, 0.05) is 17.1 Å².